The Morgan fingerprint density at radius 1 is 0.487 bits per heavy atom. The number of alkyl halides is 1. The number of amides is 4. The number of aromatic amines is 3. The number of fused-ring (bicyclic) bond motifs is 9. The van der Waals surface area contributed by atoms with E-state index < -0.39 is 0 Å². The first-order valence-electron chi connectivity index (χ1n) is 38.4. The van der Waals surface area contributed by atoms with Crippen molar-refractivity contribution >= 4 is 76.6 Å². The van der Waals surface area contributed by atoms with E-state index in [2.05, 4.69) is 102 Å². The molecule has 6 aromatic heterocycles. The van der Waals surface area contributed by atoms with E-state index >= 15 is 0 Å². The number of anilines is 3. The van der Waals surface area contributed by atoms with Crippen LogP contribution in [0.2, 0.25) is 0 Å². The second-order valence-corrected chi connectivity index (χ2v) is 32.5. The molecule has 10 heterocycles. The summed E-state index contributed by atoms with van der Waals surface area (Å²) in [5.74, 6) is 0.470. The third-order valence-electron chi connectivity index (χ3n) is 22.6. The molecule has 0 atom stereocenters. The number of hydrogen-bond acceptors (Lipinski definition) is 23. The zero-order chi connectivity index (χ0) is 79.8. The minimum atomic E-state index is -0.339. The average Bonchev–Trinajstić information content (AvgIpc) is 1.66. The van der Waals surface area contributed by atoms with Gasteiger partial charge in [0.1, 0.15) is 47.4 Å². The Kier molecular flexibility index (Phi) is 22.2. The number of nitrogen functional groups attached to an aromatic ring is 3. The molecule has 31 heteroatoms. The van der Waals surface area contributed by atoms with Crippen molar-refractivity contribution in [2.24, 2.45) is 11.7 Å². The van der Waals surface area contributed by atoms with Crippen molar-refractivity contribution in [2.75, 3.05) is 82.1 Å². The third kappa shape index (κ3) is 16.7. The minimum absolute atomic E-state index is 0.00842. The van der Waals surface area contributed by atoms with Crippen LogP contribution in [0.15, 0.2) is 91.4 Å². The SMILES string of the molecule is CC1(C)Cc2cnc(N)nc2-c2n[nH]c(C(=O)Cc3ccc(C(=O)N4CCC(CC(=O)OCCCl)CC4)cc3)c21.CC1(C)Cc2cnc(N)nc2-c2n[nH]c(C(=O)Cc3ccc(C(=O)N4CCC(N)CC4)cc3)c21.CC1(C)Cc2cnc(N)nc2-c2n[nH]c(C(=O)Cc3ccc(C(=O)N4CCC(N5CCOC5=O)CC4)cc3)c21. The number of esters is 1. The van der Waals surface area contributed by atoms with Crippen LogP contribution in [0.25, 0.3) is 34.2 Å². The second-order valence-electron chi connectivity index (χ2n) is 32.2. The van der Waals surface area contributed by atoms with Crippen LogP contribution in [0.4, 0.5) is 22.6 Å². The highest BCUT2D eigenvalue weighted by Gasteiger charge is 2.43. The molecule has 16 rings (SSSR count). The topological polar surface area (TPSA) is 435 Å². The predicted octanol–water partition coefficient (Wildman–Crippen LogP) is 8.77. The van der Waals surface area contributed by atoms with Crippen molar-refractivity contribution in [3.63, 3.8) is 0 Å². The molecule has 3 aromatic carbocycles. The number of likely N-dealkylation sites (tertiary alicyclic amines) is 3. The molecule has 0 saturated carbocycles. The molecular formula is C82H93ClN20O10. The Labute approximate surface area is 657 Å². The molecule has 0 bridgehead atoms. The van der Waals surface area contributed by atoms with Crippen LogP contribution in [-0.2, 0) is 69.0 Å². The monoisotopic (exact) mass is 1550 g/mol. The normalized spacial score (nSPS) is 17.3. The van der Waals surface area contributed by atoms with Crippen molar-refractivity contribution in [3.8, 4) is 34.2 Å². The Bertz CT molecular complexity index is 5150. The van der Waals surface area contributed by atoms with Crippen molar-refractivity contribution in [2.45, 2.75) is 153 Å². The maximum Gasteiger partial charge on any atom is 0.410 e. The van der Waals surface area contributed by atoms with Crippen LogP contribution >= 0.6 is 11.6 Å². The number of cyclic esters (lactones) is 1. The van der Waals surface area contributed by atoms with Gasteiger partial charge in [-0.25, -0.2) is 34.7 Å². The number of Topliss-reactive ketones (excluding diaryl/α,β-unsaturated/α-hetero) is 3. The van der Waals surface area contributed by atoms with Crippen molar-refractivity contribution in [3.05, 3.63) is 175 Å². The summed E-state index contributed by atoms with van der Waals surface area (Å²) in [6.45, 7) is 17.5. The number of nitrogens with zero attached hydrogens (tertiary/aromatic N) is 13. The first-order valence-corrected chi connectivity index (χ1v) is 38.9. The average molecular weight is 1550 g/mol. The molecule has 3 aliphatic carbocycles. The number of aromatic nitrogens is 12. The number of H-pyrrole nitrogens is 3. The number of benzene rings is 3. The smallest absolute Gasteiger partial charge is 0.410 e. The van der Waals surface area contributed by atoms with Gasteiger partial charge in [-0.3, -0.25) is 48.9 Å². The number of carbonyl (C=O) groups is 8. The van der Waals surface area contributed by atoms with E-state index in [9.17, 15) is 38.4 Å². The van der Waals surface area contributed by atoms with Gasteiger partial charge in [0.2, 0.25) is 17.8 Å². The highest BCUT2D eigenvalue weighted by molar-refractivity contribution is 6.18. The minimum Gasteiger partial charge on any atom is -0.464 e. The third-order valence-corrected chi connectivity index (χ3v) is 22.7. The Morgan fingerprint density at radius 2 is 0.823 bits per heavy atom. The summed E-state index contributed by atoms with van der Waals surface area (Å²) >= 11 is 5.56. The second kappa shape index (κ2) is 32.2. The lowest BCUT2D eigenvalue weighted by atomic mass is 9.72. The Morgan fingerprint density at radius 3 is 1.15 bits per heavy atom. The molecule has 0 spiro atoms. The van der Waals surface area contributed by atoms with E-state index in [0.29, 0.717) is 146 Å². The van der Waals surface area contributed by atoms with E-state index in [-0.39, 0.29) is 131 Å². The highest BCUT2D eigenvalue weighted by Crippen LogP contribution is 2.46. The molecule has 7 aliphatic rings. The first kappa shape index (κ1) is 78.0. The maximum atomic E-state index is 13.4. The van der Waals surface area contributed by atoms with Gasteiger partial charge in [-0.15, -0.1) is 11.6 Å². The van der Waals surface area contributed by atoms with Crippen LogP contribution in [0, 0.1) is 5.92 Å². The summed E-state index contributed by atoms with van der Waals surface area (Å²) in [7, 11) is 0. The summed E-state index contributed by atoms with van der Waals surface area (Å²) in [5.41, 5.74) is 37.4. The van der Waals surface area contributed by atoms with E-state index in [0.717, 1.165) is 88.6 Å². The van der Waals surface area contributed by atoms with E-state index in [1.54, 1.807) is 59.9 Å². The van der Waals surface area contributed by atoms with Crippen LogP contribution < -0.4 is 22.9 Å². The molecule has 30 nitrogen and oxygen atoms in total. The zero-order valence-corrected chi connectivity index (χ0v) is 65.0. The highest BCUT2D eigenvalue weighted by atomic mass is 35.5. The summed E-state index contributed by atoms with van der Waals surface area (Å²) in [6, 6.07) is 22.0. The van der Waals surface area contributed by atoms with E-state index in [4.69, 9.17) is 44.0 Å². The largest absolute Gasteiger partial charge is 0.464 e. The number of nitrogens with one attached hydrogen (secondary N) is 3. The standard InChI is InChI=1S/C29H33ClN6O4.C28H31N7O4.C25H29N7O2/c1-29(2)15-20-16-32-28(31)33-24(20)26-23(29)25(34-35-26)21(37)13-17-3-5-19(6-4-17)27(39)36-10-7-18(8-11-36)14-22(38)40-12-9-30;1-28(2)14-18-15-30-26(29)31-22(18)24-21(28)23(32-33-24)20(36)13-16-3-5-17(6-4-16)25(37)34-9-7-19(8-10-34)35-11-12-39-27(35)38;1-25(2)12-16-13-28-24(27)29-20(16)22-19(25)21(30-31-22)18(33)11-14-3-5-15(6-4-14)23(34)32-9-7-17(26)8-10-32/h3-6,16,18H,7-15H2,1-2H3,(H,34,35)(H2,31,32,33);3-6,15,19H,7-14H2,1-2H3,(H,32,33)(H2,29,30,31);3-6,13,17H,7-12,26H2,1-2H3,(H,30,31)(H2,27,28,29). The zero-order valence-electron chi connectivity index (χ0n) is 64.2. The summed E-state index contributed by atoms with van der Waals surface area (Å²) in [6.07, 6.45) is 12.5. The lowest BCUT2D eigenvalue weighted by molar-refractivity contribution is -0.144. The number of piperidine rings is 3. The molecule has 4 aliphatic heterocycles. The van der Waals surface area contributed by atoms with Crippen LogP contribution in [0.1, 0.15) is 199 Å². The van der Waals surface area contributed by atoms with E-state index in [1.807, 2.05) is 51.1 Å². The van der Waals surface area contributed by atoms with Crippen molar-refractivity contribution < 1.29 is 47.8 Å². The summed E-state index contributed by atoms with van der Waals surface area (Å²) in [5, 5.41) is 22.2. The molecule has 588 valence electrons. The fourth-order valence-electron chi connectivity index (χ4n) is 16.8. The van der Waals surface area contributed by atoms with Crippen LogP contribution in [0.5, 0.6) is 0 Å². The van der Waals surface area contributed by atoms with Gasteiger partial charge >= 0.3 is 12.1 Å². The molecule has 4 amide bonds. The molecule has 0 radical (unpaired) electrons. The molecule has 4 fully saturated rings. The van der Waals surface area contributed by atoms with Gasteiger partial charge in [0.25, 0.3) is 17.7 Å². The van der Waals surface area contributed by atoms with Gasteiger partial charge in [0.15, 0.2) is 17.3 Å². The molecule has 4 saturated heterocycles. The lowest BCUT2D eigenvalue weighted by Gasteiger charge is -2.35. The summed E-state index contributed by atoms with van der Waals surface area (Å²) in [4.78, 5) is 135. The Hall–Kier alpha value is -11.7. The van der Waals surface area contributed by atoms with Gasteiger partial charge in [-0.1, -0.05) is 77.9 Å². The van der Waals surface area contributed by atoms with Crippen molar-refractivity contribution in [1.82, 2.24) is 80.1 Å². The predicted molar refractivity (Wildman–Crippen MR) is 421 cm³/mol. The number of rotatable bonds is 17. The molecule has 11 N–H and O–H groups in total. The van der Waals surface area contributed by atoms with Gasteiger partial charge in [0.05, 0.1) is 29.5 Å². The Balaban J connectivity index is 0.000000141. The van der Waals surface area contributed by atoms with Gasteiger partial charge in [-0.2, -0.15) is 15.3 Å². The number of ketones is 3. The fraction of sp³-hybridized carbons (Fsp3) is 0.427. The quantitative estimate of drug-likeness (QED) is 0.0254. The van der Waals surface area contributed by atoms with Crippen LogP contribution in [-0.4, -0.2) is 204 Å². The van der Waals surface area contributed by atoms with Crippen LogP contribution in [0.3, 0.4) is 0 Å². The van der Waals surface area contributed by atoms with E-state index in [1.165, 1.54) is 0 Å². The number of carbonyl (C=O) groups excluding carboxylic acids is 8. The molecular weight excluding hydrogens is 1460 g/mol. The van der Waals surface area contributed by atoms with Gasteiger partial charge in [-0.05, 0) is 150 Å². The number of nitrogens with two attached hydrogens (primary N) is 4. The van der Waals surface area contributed by atoms with Gasteiger partial charge < -0.3 is 52.0 Å². The number of hydrogen-bond donors (Lipinski definition) is 7. The molecule has 0 unspecified atom stereocenters. The first-order chi connectivity index (χ1) is 54.1. The van der Waals surface area contributed by atoms with Crippen molar-refractivity contribution in [1.29, 1.82) is 0 Å². The number of ether oxygens (including phenoxy) is 2. The maximum absolute atomic E-state index is 13.4. The molecule has 9 aromatic rings. The fourth-order valence-corrected chi connectivity index (χ4v) is 16.8. The lowest BCUT2D eigenvalue weighted by Crippen LogP contribution is -2.47. The number of halogens is 1. The van der Waals surface area contributed by atoms with Gasteiger partial charge in [0, 0.05) is 129 Å². The molecule has 113 heavy (non-hydrogen) atoms. The summed E-state index contributed by atoms with van der Waals surface area (Å²) < 4.78 is 10.1.